The SMILES string of the molecule is O=C1NC2C(C(F)(F)F)=CC12. The minimum Gasteiger partial charge on any atom is -0.348 e. The summed E-state index contributed by atoms with van der Waals surface area (Å²) < 4.78 is 35.6. The molecule has 1 aliphatic heterocycles. The molecule has 11 heavy (non-hydrogen) atoms. The van der Waals surface area contributed by atoms with E-state index in [0.717, 1.165) is 6.08 Å². The monoisotopic (exact) mass is 163 g/mol. The molecule has 2 unspecified atom stereocenters. The van der Waals surface area contributed by atoms with Gasteiger partial charge in [-0.3, -0.25) is 4.79 Å². The van der Waals surface area contributed by atoms with Gasteiger partial charge in [-0.2, -0.15) is 13.2 Å². The zero-order valence-corrected chi connectivity index (χ0v) is 5.27. The van der Waals surface area contributed by atoms with Crippen LogP contribution < -0.4 is 5.32 Å². The van der Waals surface area contributed by atoms with Gasteiger partial charge in [0.05, 0.1) is 17.5 Å². The third-order valence-electron chi connectivity index (χ3n) is 1.98. The Labute approximate surface area is 60.1 Å². The Morgan fingerprint density at radius 2 is 2.09 bits per heavy atom. The summed E-state index contributed by atoms with van der Waals surface area (Å²) in [5.41, 5.74) is -0.609. The second-order valence-corrected chi connectivity index (χ2v) is 2.63. The number of β-lactam (4-membered cyclic amide) rings is 1. The van der Waals surface area contributed by atoms with Crippen LogP contribution in [0.15, 0.2) is 11.6 Å². The second-order valence-electron chi connectivity index (χ2n) is 2.63. The van der Waals surface area contributed by atoms with E-state index >= 15 is 0 Å². The lowest BCUT2D eigenvalue weighted by Gasteiger charge is -2.44. The highest BCUT2D eigenvalue weighted by atomic mass is 19.4. The van der Waals surface area contributed by atoms with Gasteiger partial charge in [0.1, 0.15) is 0 Å². The largest absolute Gasteiger partial charge is 0.414 e. The number of fused-ring (bicyclic) bond motifs is 1. The number of amides is 1. The fourth-order valence-corrected chi connectivity index (χ4v) is 1.29. The highest BCUT2D eigenvalue weighted by Gasteiger charge is 2.56. The average Bonchev–Trinajstić information content (AvgIpc) is 1.79. The number of halogens is 3. The van der Waals surface area contributed by atoms with E-state index in [2.05, 4.69) is 5.32 Å². The van der Waals surface area contributed by atoms with E-state index < -0.39 is 23.7 Å². The zero-order valence-electron chi connectivity index (χ0n) is 5.27. The maximum atomic E-state index is 11.9. The van der Waals surface area contributed by atoms with E-state index in [4.69, 9.17) is 0 Å². The molecule has 1 saturated heterocycles. The molecule has 0 bridgehead atoms. The van der Waals surface area contributed by atoms with Gasteiger partial charge in [0.2, 0.25) is 5.91 Å². The van der Waals surface area contributed by atoms with E-state index in [9.17, 15) is 18.0 Å². The fraction of sp³-hybridized carbons (Fsp3) is 0.500. The van der Waals surface area contributed by atoms with Crippen molar-refractivity contribution in [3.05, 3.63) is 11.6 Å². The van der Waals surface area contributed by atoms with Crippen LogP contribution in [0.1, 0.15) is 0 Å². The standard InChI is InChI=1S/C6H4F3NO/c7-6(8,9)3-1-2-4(3)10-5(2)11/h1-2,4H,(H,10,11). The van der Waals surface area contributed by atoms with Crippen molar-refractivity contribution in [2.75, 3.05) is 0 Å². The Morgan fingerprint density at radius 1 is 1.45 bits per heavy atom. The normalized spacial score (nSPS) is 34.5. The summed E-state index contributed by atoms with van der Waals surface area (Å²) in [6.07, 6.45) is -3.29. The van der Waals surface area contributed by atoms with Crippen molar-refractivity contribution in [1.82, 2.24) is 5.32 Å². The number of carbonyl (C=O) groups is 1. The molecule has 60 valence electrons. The van der Waals surface area contributed by atoms with Crippen LogP contribution in [0, 0.1) is 5.92 Å². The predicted octanol–water partition coefficient (Wildman–Crippen LogP) is 0.603. The Kier molecular flexibility index (Phi) is 0.971. The average molecular weight is 163 g/mol. The van der Waals surface area contributed by atoms with Crippen molar-refractivity contribution < 1.29 is 18.0 Å². The molecule has 2 atom stereocenters. The lowest BCUT2D eigenvalue weighted by molar-refractivity contribution is -0.140. The number of nitrogens with one attached hydrogen (secondary N) is 1. The third kappa shape index (κ3) is 0.706. The van der Waals surface area contributed by atoms with Crippen LogP contribution in [-0.4, -0.2) is 18.1 Å². The summed E-state index contributed by atoms with van der Waals surface area (Å²) in [6, 6.07) is -0.748. The molecule has 1 N–H and O–H groups in total. The first-order valence-corrected chi connectivity index (χ1v) is 3.09. The predicted molar refractivity (Wildman–Crippen MR) is 29.6 cm³/mol. The van der Waals surface area contributed by atoms with E-state index in [-0.39, 0.29) is 5.91 Å². The van der Waals surface area contributed by atoms with Crippen LogP contribution in [0.5, 0.6) is 0 Å². The molecule has 2 aliphatic rings. The molecular weight excluding hydrogens is 159 g/mol. The Morgan fingerprint density at radius 3 is 2.36 bits per heavy atom. The topological polar surface area (TPSA) is 29.1 Å². The zero-order chi connectivity index (χ0) is 8.22. The summed E-state index contributed by atoms with van der Waals surface area (Å²) >= 11 is 0. The quantitative estimate of drug-likeness (QED) is 0.411. The maximum absolute atomic E-state index is 11.9. The van der Waals surface area contributed by atoms with Crippen LogP contribution in [0.25, 0.3) is 0 Å². The molecule has 0 aromatic heterocycles. The molecule has 1 amide bonds. The Balaban J connectivity index is 2.18. The summed E-state index contributed by atoms with van der Waals surface area (Å²) in [5.74, 6) is -0.811. The van der Waals surface area contributed by atoms with Gasteiger partial charge in [-0.15, -0.1) is 0 Å². The number of carbonyl (C=O) groups excluding carboxylic acids is 1. The highest BCUT2D eigenvalue weighted by molar-refractivity contribution is 5.92. The molecule has 1 aliphatic carbocycles. The van der Waals surface area contributed by atoms with Crippen LogP contribution in [0.3, 0.4) is 0 Å². The lowest BCUT2D eigenvalue weighted by Crippen LogP contribution is -2.65. The fourth-order valence-electron chi connectivity index (χ4n) is 1.29. The lowest BCUT2D eigenvalue weighted by atomic mass is 9.73. The van der Waals surface area contributed by atoms with Crippen LogP contribution in [-0.2, 0) is 4.79 Å². The van der Waals surface area contributed by atoms with Crippen LogP contribution in [0.2, 0.25) is 0 Å². The first kappa shape index (κ1) is 6.69. The van der Waals surface area contributed by atoms with Gasteiger partial charge in [0.15, 0.2) is 0 Å². The van der Waals surface area contributed by atoms with Gasteiger partial charge in [0, 0.05) is 0 Å². The number of rotatable bonds is 0. The minimum atomic E-state index is -4.27. The van der Waals surface area contributed by atoms with Gasteiger partial charge in [-0.25, -0.2) is 0 Å². The molecular formula is C6H4F3NO. The second kappa shape index (κ2) is 1.60. The Bertz CT molecular complexity index is 255. The molecule has 1 heterocycles. The van der Waals surface area contributed by atoms with E-state index in [0.29, 0.717) is 0 Å². The first-order chi connectivity index (χ1) is 5.00. The summed E-state index contributed by atoms with van der Waals surface area (Å²) in [7, 11) is 0. The van der Waals surface area contributed by atoms with Gasteiger partial charge in [-0.1, -0.05) is 6.08 Å². The molecule has 0 spiro atoms. The van der Waals surface area contributed by atoms with E-state index in [1.54, 1.807) is 0 Å². The number of hydrogen-bond acceptors (Lipinski definition) is 1. The van der Waals surface area contributed by atoms with Crippen molar-refractivity contribution in [3.63, 3.8) is 0 Å². The maximum Gasteiger partial charge on any atom is 0.414 e. The van der Waals surface area contributed by atoms with Gasteiger partial charge < -0.3 is 5.32 Å². The Hall–Kier alpha value is -1.00. The van der Waals surface area contributed by atoms with Crippen LogP contribution in [0.4, 0.5) is 13.2 Å². The third-order valence-corrected chi connectivity index (χ3v) is 1.98. The van der Waals surface area contributed by atoms with Crippen molar-refractivity contribution in [1.29, 1.82) is 0 Å². The minimum absolute atomic E-state index is 0.303. The van der Waals surface area contributed by atoms with Crippen molar-refractivity contribution in [2.45, 2.75) is 12.2 Å². The highest BCUT2D eigenvalue weighted by Crippen LogP contribution is 2.43. The number of alkyl halides is 3. The van der Waals surface area contributed by atoms with Gasteiger partial charge in [0.25, 0.3) is 0 Å². The smallest absolute Gasteiger partial charge is 0.348 e. The van der Waals surface area contributed by atoms with Gasteiger partial charge >= 0.3 is 6.18 Å². The van der Waals surface area contributed by atoms with Crippen molar-refractivity contribution >= 4 is 5.91 Å². The summed E-state index contributed by atoms with van der Waals surface area (Å²) in [6.45, 7) is 0. The molecule has 1 fully saturated rings. The molecule has 0 aromatic rings. The van der Waals surface area contributed by atoms with Crippen molar-refractivity contribution in [2.24, 2.45) is 5.92 Å². The van der Waals surface area contributed by atoms with E-state index in [1.807, 2.05) is 0 Å². The number of hydrogen-bond donors (Lipinski definition) is 1. The van der Waals surface area contributed by atoms with Crippen molar-refractivity contribution in [3.8, 4) is 0 Å². The molecule has 2 rings (SSSR count). The van der Waals surface area contributed by atoms with E-state index in [1.165, 1.54) is 0 Å². The molecule has 0 radical (unpaired) electrons. The molecule has 0 aromatic carbocycles. The molecule has 0 saturated carbocycles. The molecule has 5 heteroatoms. The summed E-state index contributed by atoms with van der Waals surface area (Å²) in [4.78, 5) is 10.4. The van der Waals surface area contributed by atoms with Gasteiger partial charge in [-0.05, 0) is 0 Å². The van der Waals surface area contributed by atoms with Crippen LogP contribution >= 0.6 is 0 Å². The first-order valence-electron chi connectivity index (χ1n) is 3.09. The summed E-state index contributed by atoms with van der Waals surface area (Å²) in [5, 5.41) is 2.17. The molecule has 2 nitrogen and oxygen atoms in total.